The third-order valence-corrected chi connectivity index (χ3v) is 6.21. The number of hydrogen-bond acceptors (Lipinski definition) is 4. The summed E-state index contributed by atoms with van der Waals surface area (Å²) in [5.41, 5.74) is 0.546. The Hall–Kier alpha value is -2.41. The van der Waals surface area contributed by atoms with Crippen molar-refractivity contribution in [3.05, 3.63) is 42.0 Å². The molecule has 2 N–H and O–H groups in total. The van der Waals surface area contributed by atoms with Crippen LogP contribution >= 0.6 is 0 Å². The number of aromatic carboxylic acids is 1. The summed E-state index contributed by atoms with van der Waals surface area (Å²) in [6.07, 6.45) is 0.804. The van der Waals surface area contributed by atoms with Crippen molar-refractivity contribution in [2.24, 2.45) is 0 Å². The van der Waals surface area contributed by atoms with Crippen LogP contribution in [0.5, 0.6) is 0 Å². The van der Waals surface area contributed by atoms with Crippen LogP contribution in [0.3, 0.4) is 0 Å². The number of carboxylic acid groups (broad SMARTS) is 1. The highest BCUT2D eigenvalue weighted by Gasteiger charge is 2.37. The van der Waals surface area contributed by atoms with E-state index in [-0.39, 0.29) is 11.3 Å². The number of carbonyl (C=O) groups excluding carboxylic acids is 1. The highest BCUT2D eigenvalue weighted by atomic mass is 32.2. The first-order chi connectivity index (χ1) is 10.9. The Kier molecular flexibility index (Phi) is 3.81. The highest BCUT2D eigenvalue weighted by molar-refractivity contribution is 7.93. The summed E-state index contributed by atoms with van der Waals surface area (Å²) in [7, 11) is -3.39. The molecular formula is C16H15NO5S. The molecule has 0 bridgehead atoms. The largest absolute Gasteiger partial charge is 0.478 e. The zero-order valence-electron chi connectivity index (χ0n) is 12.2. The van der Waals surface area contributed by atoms with Gasteiger partial charge in [0.25, 0.3) is 0 Å². The number of carboxylic acids is 1. The molecule has 1 aliphatic heterocycles. The van der Waals surface area contributed by atoms with Gasteiger partial charge in [0.05, 0.1) is 11.3 Å². The van der Waals surface area contributed by atoms with Gasteiger partial charge in [0.2, 0.25) is 5.91 Å². The van der Waals surface area contributed by atoms with Gasteiger partial charge in [-0.25, -0.2) is 13.2 Å². The Bertz CT molecular complexity index is 904. The molecule has 0 radical (unpaired) electrons. The van der Waals surface area contributed by atoms with Gasteiger partial charge in [0.15, 0.2) is 9.84 Å². The smallest absolute Gasteiger partial charge is 0.336 e. The van der Waals surface area contributed by atoms with Crippen molar-refractivity contribution in [1.29, 1.82) is 0 Å². The minimum Gasteiger partial charge on any atom is -0.478 e. The third kappa shape index (κ3) is 2.79. The molecule has 0 aromatic heterocycles. The quantitative estimate of drug-likeness (QED) is 0.895. The predicted octanol–water partition coefficient (Wildman–Crippen LogP) is 2.05. The lowest BCUT2D eigenvalue weighted by Crippen LogP contribution is -2.31. The molecule has 6 nitrogen and oxygen atoms in total. The van der Waals surface area contributed by atoms with Crippen LogP contribution in [0.25, 0.3) is 10.8 Å². The molecule has 0 spiro atoms. The Morgan fingerprint density at radius 3 is 2.39 bits per heavy atom. The molecule has 3 rings (SSSR count). The number of carbonyl (C=O) groups is 2. The van der Waals surface area contributed by atoms with E-state index in [1.54, 1.807) is 24.3 Å². The molecule has 1 aliphatic rings. The molecule has 0 aliphatic carbocycles. The van der Waals surface area contributed by atoms with E-state index >= 15 is 0 Å². The maximum Gasteiger partial charge on any atom is 0.336 e. The zero-order valence-corrected chi connectivity index (χ0v) is 13.0. The number of amides is 1. The Morgan fingerprint density at radius 2 is 1.78 bits per heavy atom. The molecule has 1 heterocycles. The Labute approximate surface area is 133 Å². The van der Waals surface area contributed by atoms with E-state index in [1.807, 2.05) is 0 Å². The molecule has 23 heavy (non-hydrogen) atoms. The summed E-state index contributed by atoms with van der Waals surface area (Å²) in [6.45, 7) is 0. The van der Waals surface area contributed by atoms with E-state index in [0.29, 0.717) is 29.3 Å². The summed E-state index contributed by atoms with van der Waals surface area (Å²) in [6, 6.07) is 9.69. The van der Waals surface area contributed by atoms with E-state index in [9.17, 15) is 23.1 Å². The van der Waals surface area contributed by atoms with Crippen LogP contribution < -0.4 is 5.32 Å². The van der Waals surface area contributed by atoms with Crippen LogP contribution in [0.1, 0.15) is 23.2 Å². The number of sulfone groups is 1. The van der Waals surface area contributed by atoms with Gasteiger partial charge >= 0.3 is 5.97 Å². The molecule has 1 amide bonds. The lowest BCUT2D eigenvalue weighted by atomic mass is 10.0. The lowest BCUT2D eigenvalue weighted by Gasteiger charge is -2.13. The van der Waals surface area contributed by atoms with Gasteiger partial charge in [-0.2, -0.15) is 0 Å². The predicted molar refractivity (Wildman–Crippen MR) is 86.3 cm³/mol. The SMILES string of the molecule is O=C(O)c1ccc(NC(=O)C2CCCS2(=O)=O)c2ccccc12. The molecule has 2 aromatic rings. The van der Waals surface area contributed by atoms with Crippen molar-refractivity contribution in [3.8, 4) is 0 Å². The maximum absolute atomic E-state index is 12.3. The monoisotopic (exact) mass is 333 g/mol. The second-order valence-electron chi connectivity index (χ2n) is 5.50. The molecule has 1 unspecified atom stereocenters. The van der Waals surface area contributed by atoms with E-state index in [0.717, 1.165) is 0 Å². The van der Waals surface area contributed by atoms with Crippen molar-refractivity contribution in [2.45, 2.75) is 18.1 Å². The Balaban J connectivity index is 2.00. The summed E-state index contributed by atoms with van der Waals surface area (Å²) in [5.74, 6) is -1.59. The number of benzene rings is 2. The molecule has 7 heteroatoms. The maximum atomic E-state index is 12.3. The molecular weight excluding hydrogens is 318 g/mol. The Morgan fingerprint density at radius 1 is 1.09 bits per heavy atom. The van der Waals surface area contributed by atoms with Gasteiger partial charge in [-0.3, -0.25) is 4.79 Å². The van der Waals surface area contributed by atoms with E-state index in [4.69, 9.17) is 0 Å². The summed E-state index contributed by atoms with van der Waals surface area (Å²) < 4.78 is 23.7. The first kappa shape index (κ1) is 15.5. The first-order valence-electron chi connectivity index (χ1n) is 7.17. The van der Waals surface area contributed by atoms with Crippen molar-refractivity contribution in [2.75, 3.05) is 11.1 Å². The van der Waals surface area contributed by atoms with Crippen molar-refractivity contribution in [3.63, 3.8) is 0 Å². The number of anilines is 1. The second kappa shape index (κ2) is 5.66. The van der Waals surface area contributed by atoms with Crippen LogP contribution in [0.15, 0.2) is 36.4 Å². The summed E-state index contributed by atoms with van der Waals surface area (Å²) in [4.78, 5) is 23.6. The fourth-order valence-corrected chi connectivity index (χ4v) is 4.66. The van der Waals surface area contributed by atoms with Crippen LogP contribution in [0.2, 0.25) is 0 Å². The van der Waals surface area contributed by atoms with Gasteiger partial charge in [-0.15, -0.1) is 0 Å². The van der Waals surface area contributed by atoms with Gasteiger partial charge in [0, 0.05) is 11.1 Å². The first-order valence-corrected chi connectivity index (χ1v) is 8.89. The zero-order chi connectivity index (χ0) is 16.6. The number of hydrogen-bond donors (Lipinski definition) is 2. The molecule has 1 fully saturated rings. The molecule has 1 saturated heterocycles. The molecule has 1 atom stereocenters. The standard InChI is InChI=1S/C16H15NO5S/c18-15(14-6-3-9-23(14,21)22)17-13-8-7-12(16(19)20)10-4-1-2-5-11(10)13/h1-2,4-5,7-8,14H,3,6,9H2,(H,17,18)(H,19,20). The number of nitrogens with one attached hydrogen (secondary N) is 1. The van der Waals surface area contributed by atoms with Gasteiger partial charge < -0.3 is 10.4 Å². The van der Waals surface area contributed by atoms with Gasteiger partial charge in [-0.1, -0.05) is 24.3 Å². The van der Waals surface area contributed by atoms with Crippen LogP contribution in [-0.4, -0.2) is 36.4 Å². The second-order valence-corrected chi connectivity index (χ2v) is 7.80. The fourth-order valence-electron chi connectivity index (χ4n) is 2.89. The third-order valence-electron chi connectivity index (χ3n) is 4.03. The summed E-state index contributed by atoms with van der Waals surface area (Å²) >= 11 is 0. The van der Waals surface area contributed by atoms with Crippen molar-refractivity contribution >= 4 is 38.2 Å². The van der Waals surface area contributed by atoms with Crippen LogP contribution in [-0.2, 0) is 14.6 Å². The molecule has 120 valence electrons. The normalized spacial score (nSPS) is 19.6. The average Bonchev–Trinajstić information content (AvgIpc) is 2.86. The molecule has 0 saturated carbocycles. The van der Waals surface area contributed by atoms with Crippen LogP contribution in [0.4, 0.5) is 5.69 Å². The summed E-state index contributed by atoms with van der Waals surface area (Å²) in [5, 5.41) is 11.9. The van der Waals surface area contributed by atoms with E-state index in [2.05, 4.69) is 5.32 Å². The fraction of sp³-hybridized carbons (Fsp3) is 0.250. The lowest BCUT2D eigenvalue weighted by molar-refractivity contribution is -0.115. The van der Waals surface area contributed by atoms with Gasteiger partial charge in [-0.05, 0) is 30.4 Å². The number of rotatable bonds is 3. The average molecular weight is 333 g/mol. The minimum atomic E-state index is -3.39. The van der Waals surface area contributed by atoms with Crippen LogP contribution in [0, 0.1) is 0 Å². The van der Waals surface area contributed by atoms with Crippen molar-refractivity contribution in [1.82, 2.24) is 0 Å². The topological polar surface area (TPSA) is 101 Å². The van der Waals surface area contributed by atoms with Gasteiger partial charge in [0.1, 0.15) is 5.25 Å². The highest BCUT2D eigenvalue weighted by Crippen LogP contribution is 2.28. The molecule has 2 aromatic carbocycles. The van der Waals surface area contributed by atoms with Crippen molar-refractivity contribution < 1.29 is 23.1 Å². The number of fused-ring (bicyclic) bond motifs is 1. The van der Waals surface area contributed by atoms with E-state index in [1.165, 1.54) is 12.1 Å². The minimum absolute atomic E-state index is 0.0315. The van der Waals surface area contributed by atoms with E-state index < -0.39 is 27.0 Å².